The molecule has 2 fully saturated rings. The first-order chi connectivity index (χ1) is 15.6. The average Bonchev–Trinajstić information content (AvgIpc) is 3.56. The van der Waals surface area contributed by atoms with Crippen LogP contribution in [0.15, 0.2) is 24.4 Å². The predicted octanol–water partition coefficient (Wildman–Crippen LogP) is 3.24. The molecule has 2 aliphatic rings. The van der Waals surface area contributed by atoms with Gasteiger partial charge in [0.25, 0.3) is 5.91 Å². The third-order valence-electron chi connectivity index (χ3n) is 6.10. The summed E-state index contributed by atoms with van der Waals surface area (Å²) in [5.74, 6) is 0.116. The van der Waals surface area contributed by atoms with Gasteiger partial charge in [0.2, 0.25) is 0 Å². The van der Waals surface area contributed by atoms with E-state index in [1.54, 1.807) is 18.4 Å². The van der Waals surface area contributed by atoms with Gasteiger partial charge in [-0.15, -0.1) is 11.3 Å². The van der Waals surface area contributed by atoms with Gasteiger partial charge < -0.3 is 19.8 Å². The number of carbonyl (C=O) groups is 1. The molecule has 32 heavy (non-hydrogen) atoms. The van der Waals surface area contributed by atoms with Gasteiger partial charge in [-0.2, -0.15) is 0 Å². The van der Waals surface area contributed by atoms with Crippen molar-refractivity contribution in [2.45, 2.75) is 57.7 Å². The Hall–Kier alpha value is -1.84. The Morgan fingerprint density at radius 3 is 2.94 bits per heavy atom. The third-order valence-corrected chi connectivity index (χ3v) is 7.49. The van der Waals surface area contributed by atoms with Crippen molar-refractivity contribution in [3.8, 4) is 10.4 Å². The zero-order chi connectivity index (χ0) is 22.5. The Labute approximate surface area is 194 Å². The van der Waals surface area contributed by atoms with E-state index >= 15 is 0 Å². The largest absolute Gasteiger partial charge is 0.366 e. The van der Waals surface area contributed by atoms with Crippen LogP contribution in [0.5, 0.6) is 0 Å². The minimum absolute atomic E-state index is 0.0218. The Balaban J connectivity index is 1.59. The molecule has 4 rings (SSSR count). The van der Waals surface area contributed by atoms with Crippen molar-refractivity contribution in [1.29, 1.82) is 0 Å². The third kappa shape index (κ3) is 5.55. The van der Waals surface area contributed by atoms with E-state index < -0.39 is 0 Å². The molecule has 1 saturated heterocycles. The number of thiophene rings is 1. The summed E-state index contributed by atoms with van der Waals surface area (Å²) >= 11 is 1.79. The van der Waals surface area contributed by atoms with E-state index in [0.29, 0.717) is 19.2 Å². The zero-order valence-electron chi connectivity index (χ0n) is 19.2. The van der Waals surface area contributed by atoms with Crippen LogP contribution < -0.4 is 10.8 Å². The number of pyridine rings is 1. The van der Waals surface area contributed by atoms with Crippen molar-refractivity contribution in [2.75, 3.05) is 33.4 Å². The number of hydroxylamine groups is 1. The lowest BCUT2D eigenvalue weighted by molar-refractivity contribution is -0.148. The number of nitrogens with zero attached hydrogens (tertiary/aromatic N) is 2. The summed E-state index contributed by atoms with van der Waals surface area (Å²) in [5.41, 5.74) is 6.38. The molecule has 0 bridgehead atoms. The summed E-state index contributed by atoms with van der Waals surface area (Å²) in [5, 5.41) is 3.29. The van der Waals surface area contributed by atoms with Crippen molar-refractivity contribution >= 4 is 17.2 Å². The summed E-state index contributed by atoms with van der Waals surface area (Å²) in [4.78, 5) is 27.4. The van der Waals surface area contributed by atoms with Crippen LogP contribution >= 0.6 is 11.3 Å². The number of hydrogen-bond acceptors (Lipinski definition) is 7. The highest BCUT2D eigenvalue weighted by Gasteiger charge is 2.40. The van der Waals surface area contributed by atoms with Gasteiger partial charge >= 0.3 is 0 Å². The van der Waals surface area contributed by atoms with Gasteiger partial charge in [-0.3, -0.25) is 9.78 Å². The maximum atomic E-state index is 13.4. The summed E-state index contributed by atoms with van der Waals surface area (Å²) < 4.78 is 5.79. The van der Waals surface area contributed by atoms with E-state index in [1.807, 2.05) is 13.1 Å². The highest BCUT2D eigenvalue weighted by atomic mass is 32.1. The highest BCUT2D eigenvalue weighted by molar-refractivity contribution is 7.15. The molecule has 1 amide bonds. The Bertz CT molecular complexity index is 891. The molecule has 2 aromatic heterocycles. The van der Waals surface area contributed by atoms with Crippen LogP contribution in [-0.4, -0.2) is 61.3 Å². The van der Waals surface area contributed by atoms with E-state index in [2.05, 4.69) is 45.8 Å². The fraction of sp³-hybridized carbons (Fsp3) is 0.583. The number of nitrogens with one attached hydrogen (secondary N) is 2. The second-order valence-corrected chi connectivity index (χ2v) is 9.69. The van der Waals surface area contributed by atoms with Gasteiger partial charge in [-0.25, -0.2) is 5.48 Å². The smallest absolute Gasteiger partial charge is 0.253 e. The summed E-state index contributed by atoms with van der Waals surface area (Å²) in [6.07, 6.45) is 5.63. The van der Waals surface area contributed by atoms with Crippen molar-refractivity contribution in [2.24, 2.45) is 0 Å². The number of aryl methyl sites for hydroxylation is 2. The summed E-state index contributed by atoms with van der Waals surface area (Å²) in [6, 6.07) is 6.84. The minimum atomic E-state index is -0.382. The lowest BCUT2D eigenvalue weighted by Gasteiger charge is -2.33. The molecule has 3 heterocycles. The fourth-order valence-corrected chi connectivity index (χ4v) is 5.46. The SMILES string of the molecule is CONCCCc1cc([C@@H](C)N(C(=O)[C@H]2CNCCO2)C2CC2)sc1-c1ccc(C)nc1. The number of morpholine rings is 1. The van der Waals surface area contributed by atoms with Crippen molar-refractivity contribution < 1.29 is 14.4 Å². The first-order valence-corrected chi connectivity index (χ1v) is 12.4. The lowest BCUT2D eigenvalue weighted by Crippen LogP contribution is -2.50. The van der Waals surface area contributed by atoms with Crippen LogP contribution in [0.1, 0.15) is 48.4 Å². The van der Waals surface area contributed by atoms with Gasteiger partial charge in [0.05, 0.1) is 19.8 Å². The molecular formula is C24H34N4O3S. The van der Waals surface area contributed by atoms with Crippen LogP contribution in [0.25, 0.3) is 10.4 Å². The average molecular weight is 459 g/mol. The quantitative estimate of drug-likeness (QED) is 0.421. The van der Waals surface area contributed by atoms with Gasteiger partial charge in [0.1, 0.15) is 6.10 Å². The standard InChI is InChI=1S/C24H34N4O3S/c1-16-6-7-19(14-26-16)23-18(5-4-10-27-30-3)13-22(32-23)17(2)28(20-8-9-20)24(29)21-15-25-11-12-31-21/h6-7,13-14,17,20-21,25,27H,4-5,8-12,15H2,1-3H3/t17-,21-/m1/s1. The molecule has 0 unspecified atom stereocenters. The first-order valence-electron chi connectivity index (χ1n) is 11.5. The van der Waals surface area contributed by atoms with Crippen LogP contribution in [0.4, 0.5) is 0 Å². The van der Waals surface area contributed by atoms with Gasteiger partial charge in [0, 0.05) is 52.9 Å². The van der Waals surface area contributed by atoms with Crippen molar-refractivity contribution in [1.82, 2.24) is 20.7 Å². The van der Waals surface area contributed by atoms with Crippen LogP contribution in [-0.2, 0) is 20.8 Å². The maximum absolute atomic E-state index is 13.4. The molecular weight excluding hydrogens is 424 g/mol. The molecule has 0 aromatic carbocycles. The van der Waals surface area contributed by atoms with E-state index in [9.17, 15) is 4.79 Å². The van der Waals surface area contributed by atoms with Gasteiger partial charge in [-0.05, 0) is 57.2 Å². The Morgan fingerprint density at radius 2 is 2.28 bits per heavy atom. The maximum Gasteiger partial charge on any atom is 0.253 e. The van der Waals surface area contributed by atoms with E-state index in [4.69, 9.17) is 9.57 Å². The topological polar surface area (TPSA) is 75.7 Å². The number of hydrogen-bond donors (Lipinski definition) is 2. The van der Waals surface area contributed by atoms with Crippen molar-refractivity contribution in [3.05, 3.63) is 40.5 Å². The predicted molar refractivity (Wildman–Crippen MR) is 127 cm³/mol. The molecule has 174 valence electrons. The molecule has 7 nitrogen and oxygen atoms in total. The molecule has 2 aromatic rings. The van der Waals surface area contributed by atoms with Crippen LogP contribution in [0.3, 0.4) is 0 Å². The number of rotatable bonds is 10. The van der Waals surface area contributed by atoms with Gasteiger partial charge in [-0.1, -0.05) is 6.07 Å². The summed E-state index contributed by atoms with van der Waals surface area (Å²) in [7, 11) is 1.64. The number of aromatic nitrogens is 1. The van der Waals surface area contributed by atoms with Crippen LogP contribution in [0, 0.1) is 6.92 Å². The molecule has 2 N–H and O–H groups in total. The zero-order valence-corrected chi connectivity index (χ0v) is 20.0. The van der Waals surface area contributed by atoms with Crippen LogP contribution in [0.2, 0.25) is 0 Å². The van der Waals surface area contributed by atoms with Crippen molar-refractivity contribution in [3.63, 3.8) is 0 Å². The van der Waals surface area contributed by atoms with Gasteiger partial charge in [0.15, 0.2) is 0 Å². The highest BCUT2D eigenvalue weighted by Crippen LogP contribution is 2.41. The Kier molecular flexibility index (Phi) is 7.91. The van der Waals surface area contributed by atoms with E-state index in [-0.39, 0.29) is 18.1 Å². The molecule has 1 aliphatic carbocycles. The first kappa shape index (κ1) is 23.3. The number of ether oxygens (including phenoxy) is 1. The number of amides is 1. The fourth-order valence-electron chi connectivity index (χ4n) is 4.21. The van der Waals surface area contributed by atoms with E-state index in [0.717, 1.165) is 50.0 Å². The number of carbonyl (C=O) groups excluding carboxylic acids is 1. The molecule has 0 spiro atoms. The monoisotopic (exact) mass is 458 g/mol. The minimum Gasteiger partial charge on any atom is -0.366 e. The molecule has 8 heteroatoms. The lowest BCUT2D eigenvalue weighted by atomic mass is 10.0. The second-order valence-electron chi connectivity index (χ2n) is 8.61. The normalized spacial score (nSPS) is 19.7. The molecule has 1 aliphatic heterocycles. The second kappa shape index (κ2) is 10.9. The molecule has 0 radical (unpaired) electrons. The summed E-state index contributed by atoms with van der Waals surface area (Å²) in [6.45, 7) is 6.95. The Morgan fingerprint density at radius 1 is 1.44 bits per heavy atom. The van der Waals surface area contributed by atoms with E-state index in [1.165, 1.54) is 15.3 Å². The molecule has 1 saturated carbocycles. The molecule has 2 atom stereocenters.